The topological polar surface area (TPSA) is 87.7 Å². The zero-order valence-electron chi connectivity index (χ0n) is 28.3. The van der Waals surface area contributed by atoms with Gasteiger partial charge in [-0.25, -0.2) is 4.79 Å². The first-order valence-corrected chi connectivity index (χ1v) is 16.9. The number of fused-ring (bicyclic) bond motifs is 1. The molecule has 1 aliphatic heterocycles. The zero-order chi connectivity index (χ0) is 34.9. The summed E-state index contributed by atoms with van der Waals surface area (Å²) in [6.07, 6.45) is 1.88. The third-order valence-electron chi connectivity index (χ3n) is 9.39. The van der Waals surface area contributed by atoms with E-state index in [1.807, 2.05) is 48.5 Å². The van der Waals surface area contributed by atoms with Gasteiger partial charge in [-0.05, 0) is 88.8 Å². The molecule has 1 aliphatic carbocycles. The van der Waals surface area contributed by atoms with Gasteiger partial charge in [0.25, 0.3) is 0 Å². The minimum atomic E-state index is -4.56. The Morgan fingerprint density at radius 1 is 0.939 bits per heavy atom. The summed E-state index contributed by atoms with van der Waals surface area (Å²) in [6.45, 7) is 7.10. The van der Waals surface area contributed by atoms with Crippen molar-refractivity contribution in [3.05, 3.63) is 89.6 Å². The minimum absolute atomic E-state index is 0.0508. The minimum Gasteiger partial charge on any atom is -0.444 e. The molecule has 6 rings (SSSR count). The van der Waals surface area contributed by atoms with Crippen molar-refractivity contribution in [2.45, 2.75) is 90.1 Å². The van der Waals surface area contributed by atoms with E-state index in [4.69, 9.17) is 4.74 Å². The summed E-state index contributed by atoms with van der Waals surface area (Å²) in [6, 6.07) is 19.2. The largest absolute Gasteiger partial charge is 0.444 e. The van der Waals surface area contributed by atoms with Crippen LogP contribution in [0.15, 0.2) is 72.9 Å². The van der Waals surface area contributed by atoms with Crippen LogP contribution in [0.3, 0.4) is 0 Å². The fourth-order valence-corrected chi connectivity index (χ4v) is 7.14. The van der Waals surface area contributed by atoms with E-state index in [9.17, 15) is 22.8 Å². The summed E-state index contributed by atoms with van der Waals surface area (Å²) in [5.41, 5.74) is 0.191. The molecule has 1 aromatic heterocycles. The maximum atomic E-state index is 13.9. The Bertz CT molecular complexity index is 1810. The second-order valence-corrected chi connectivity index (χ2v) is 14.0. The van der Waals surface area contributed by atoms with Crippen LogP contribution in [0.2, 0.25) is 0 Å². The number of piperidine rings is 1. The molecule has 2 aliphatic rings. The predicted molar refractivity (Wildman–Crippen MR) is 184 cm³/mol. The number of carbonyl (C=O) groups excluding carboxylic acids is 2. The molecule has 1 saturated carbocycles. The summed E-state index contributed by atoms with van der Waals surface area (Å²) in [5.74, 6) is -0.421. The third kappa shape index (κ3) is 7.50. The lowest BCUT2D eigenvalue weighted by atomic mass is 9.84. The number of hydrogen-bond donors (Lipinski definition) is 1. The van der Waals surface area contributed by atoms with Crippen LogP contribution >= 0.6 is 0 Å². The molecule has 258 valence electrons. The van der Waals surface area contributed by atoms with Crippen LogP contribution < -0.4 is 10.2 Å². The monoisotopic (exact) mass is 673 g/mol. The summed E-state index contributed by atoms with van der Waals surface area (Å²) in [5, 5.41) is 13.6. The normalized spacial score (nSPS) is 18.8. The van der Waals surface area contributed by atoms with E-state index in [1.54, 1.807) is 31.9 Å². The smallest absolute Gasteiger partial charge is 0.416 e. The first-order valence-electron chi connectivity index (χ1n) is 16.9. The highest BCUT2D eigenvalue weighted by molar-refractivity contribution is 5.94. The van der Waals surface area contributed by atoms with Crippen LogP contribution in [0.1, 0.15) is 82.0 Å². The molecular weight excluding hydrogens is 631 g/mol. The van der Waals surface area contributed by atoms with E-state index in [0.717, 1.165) is 59.6 Å². The summed E-state index contributed by atoms with van der Waals surface area (Å²) in [7, 11) is 0. The van der Waals surface area contributed by atoms with Gasteiger partial charge in [0.1, 0.15) is 5.60 Å². The molecule has 1 N–H and O–H groups in total. The van der Waals surface area contributed by atoms with Gasteiger partial charge in [0.2, 0.25) is 5.91 Å². The lowest BCUT2D eigenvalue weighted by Crippen LogP contribution is -2.48. The Labute approximate surface area is 284 Å². The van der Waals surface area contributed by atoms with Crippen LogP contribution in [0.25, 0.3) is 10.8 Å². The van der Waals surface area contributed by atoms with Crippen molar-refractivity contribution in [2.75, 3.05) is 16.8 Å². The maximum Gasteiger partial charge on any atom is 0.416 e. The summed E-state index contributed by atoms with van der Waals surface area (Å²) in [4.78, 5) is 31.3. The number of rotatable bonds is 6. The van der Waals surface area contributed by atoms with E-state index in [1.165, 1.54) is 19.1 Å². The average molecular weight is 674 g/mol. The first kappa shape index (κ1) is 34.2. The van der Waals surface area contributed by atoms with E-state index in [0.29, 0.717) is 19.4 Å². The van der Waals surface area contributed by atoms with Gasteiger partial charge in [-0.3, -0.25) is 4.79 Å². The third-order valence-corrected chi connectivity index (χ3v) is 9.39. The van der Waals surface area contributed by atoms with E-state index < -0.39 is 41.3 Å². The predicted octanol–water partition coefficient (Wildman–Crippen LogP) is 9.36. The molecule has 1 saturated heterocycles. The van der Waals surface area contributed by atoms with E-state index >= 15 is 0 Å². The number of ether oxygens (including phenoxy) is 1. The number of carbonyl (C=O) groups is 2. The molecule has 2 fully saturated rings. The molecule has 8 nitrogen and oxygen atoms in total. The Hall–Kier alpha value is -4.67. The maximum absolute atomic E-state index is 13.9. The molecule has 0 radical (unpaired) electrons. The molecule has 49 heavy (non-hydrogen) atoms. The van der Waals surface area contributed by atoms with Gasteiger partial charge >= 0.3 is 12.3 Å². The first-order chi connectivity index (χ1) is 23.3. The molecule has 2 atom stereocenters. The second-order valence-electron chi connectivity index (χ2n) is 14.0. The van der Waals surface area contributed by atoms with Crippen molar-refractivity contribution in [1.29, 1.82) is 0 Å². The Morgan fingerprint density at radius 2 is 1.65 bits per heavy atom. The molecule has 11 heteroatoms. The number of amides is 2. The zero-order valence-corrected chi connectivity index (χ0v) is 28.3. The van der Waals surface area contributed by atoms with Crippen LogP contribution in [0.5, 0.6) is 0 Å². The van der Waals surface area contributed by atoms with E-state index in [-0.39, 0.29) is 17.3 Å². The molecule has 3 aromatic carbocycles. The van der Waals surface area contributed by atoms with Crippen molar-refractivity contribution >= 4 is 40.0 Å². The lowest BCUT2D eigenvalue weighted by molar-refractivity contribution is -0.138. The van der Waals surface area contributed by atoms with Crippen molar-refractivity contribution < 1.29 is 27.5 Å². The highest BCUT2D eigenvalue weighted by atomic mass is 19.4. The van der Waals surface area contributed by atoms with Crippen LogP contribution in [0, 0.1) is 12.8 Å². The molecule has 0 bridgehead atoms. The Morgan fingerprint density at radius 3 is 2.35 bits per heavy atom. The fourth-order valence-electron chi connectivity index (χ4n) is 7.14. The van der Waals surface area contributed by atoms with Gasteiger partial charge < -0.3 is 19.9 Å². The number of aryl methyl sites for hydroxylation is 1. The highest BCUT2D eigenvalue weighted by Gasteiger charge is 2.41. The lowest BCUT2D eigenvalue weighted by Gasteiger charge is -2.41. The number of anilines is 3. The SMILES string of the molecule is Cc1ccc(NC(=O)[C@H]2CCCN(C(=O)OC(C)(C)C)[C@H]2c2ccc(N(c3nncc4ccccc34)C3CCCC3)cc2)cc1C(F)(F)F. The number of aromatic nitrogens is 2. The number of benzene rings is 3. The highest BCUT2D eigenvalue weighted by Crippen LogP contribution is 2.42. The number of nitrogens with one attached hydrogen (secondary N) is 1. The van der Waals surface area contributed by atoms with Gasteiger partial charge in [-0.2, -0.15) is 18.3 Å². The van der Waals surface area contributed by atoms with Crippen LogP contribution in [-0.2, 0) is 15.7 Å². The van der Waals surface area contributed by atoms with Crippen molar-refractivity contribution in [2.24, 2.45) is 5.92 Å². The summed E-state index contributed by atoms with van der Waals surface area (Å²) >= 11 is 0. The van der Waals surface area contributed by atoms with Crippen molar-refractivity contribution in [1.82, 2.24) is 15.1 Å². The molecule has 4 aromatic rings. The molecule has 2 heterocycles. The number of alkyl halides is 3. The Kier molecular flexibility index (Phi) is 9.55. The molecule has 0 spiro atoms. The van der Waals surface area contributed by atoms with E-state index in [2.05, 4.69) is 20.4 Å². The summed E-state index contributed by atoms with van der Waals surface area (Å²) < 4.78 is 46.8. The van der Waals surface area contributed by atoms with Gasteiger partial charge in [-0.1, -0.05) is 55.3 Å². The van der Waals surface area contributed by atoms with Crippen LogP contribution in [0.4, 0.5) is 35.2 Å². The van der Waals surface area contributed by atoms with Crippen LogP contribution in [-0.4, -0.2) is 45.3 Å². The molecule has 0 unspecified atom stereocenters. The van der Waals surface area contributed by atoms with Crippen molar-refractivity contribution in [3.63, 3.8) is 0 Å². The number of hydrogen-bond acceptors (Lipinski definition) is 6. The van der Waals surface area contributed by atoms with Gasteiger partial charge in [0.05, 0.1) is 23.7 Å². The average Bonchev–Trinajstić information content (AvgIpc) is 3.59. The van der Waals surface area contributed by atoms with Gasteiger partial charge in [-0.15, -0.1) is 5.10 Å². The Balaban J connectivity index is 1.36. The second kappa shape index (κ2) is 13.7. The molecular formula is C38H42F3N5O3. The standard InChI is InChI=1S/C38H42F3N5O3/c1-24-15-18-27(22-32(24)38(39,40)41)43-35(47)31-14-9-21-45(36(48)49-37(2,3)4)33(31)25-16-19-29(20-17-25)46(28-11-6-7-12-28)34-30-13-8-5-10-26(30)23-42-44-34/h5,8,10,13,15-20,22-23,28,31,33H,6-7,9,11-12,14,21H2,1-4H3,(H,43,47)/t31-,33-/m0/s1. The number of nitrogens with zero attached hydrogens (tertiary/aromatic N) is 4. The van der Waals surface area contributed by atoms with Crippen molar-refractivity contribution in [3.8, 4) is 0 Å². The fraction of sp³-hybridized carbons (Fsp3) is 0.421. The number of likely N-dealkylation sites (tertiary alicyclic amines) is 1. The quantitative estimate of drug-likeness (QED) is 0.220. The van der Waals surface area contributed by atoms with Gasteiger partial charge in [0, 0.05) is 34.7 Å². The molecule has 2 amide bonds. The number of halogens is 3. The van der Waals surface area contributed by atoms with Gasteiger partial charge in [0.15, 0.2) is 5.82 Å².